The minimum absolute atomic E-state index is 0.0856. The Morgan fingerprint density at radius 1 is 1.13 bits per heavy atom. The molecule has 0 heterocycles. The summed E-state index contributed by atoms with van der Waals surface area (Å²) in [5.74, 6) is -0.0856. The molecule has 5 nitrogen and oxygen atoms in total. The zero-order valence-electron chi connectivity index (χ0n) is 14.0. The standard InChI is InChI=1S/C18H27N3O2/c1-3-13(2)19-17(22)14-9-11-16(12-10-14)21-18(23)20-15-7-5-4-6-8-15/h9-13,15H,3-8H2,1-2H3,(H,19,22)(H2,20,21,23). The number of hydrogen-bond donors (Lipinski definition) is 3. The van der Waals surface area contributed by atoms with Gasteiger partial charge in [0.25, 0.3) is 5.91 Å². The smallest absolute Gasteiger partial charge is 0.319 e. The van der Waals surface area contributed by atoms with Gasteiger partial charge in [-0.2, -0.15) is 0 Å². The number of hydrogen-bond acceptors (Lipinski definition) is 2. The van der Waals surface area contributed by atoms with Crippen LogP contribution in [0.25, 0.3) is 0 Å². The molecule has 1 aliphatic rings. The number of rotatable bonds is 5. The van der Waals surface area contributed by atoms with E-state index in [0.717, 1.165) is 19.3 Å². The molecule has 0 radical (unpaired) electrons. The van der Waals surface area contributed by atoms with Gasteiger partial charge in [0.15, 0.2) is 0 Å². The molecule has 0 aliphatic heterocycles. The average molecular weight is 317 g/mol. The minimum Gasteiger partial charge on any atom is -0.350 e. The van der Waals surface area contributed by atoms with E-state index in [1.165, 1.54) is 19.3 Å². The summed E-state index contributed by atoms with van der Waals surface area (Å²) in [7, 11) is 0. The lowest BCUT2D eigenvalue weighted by molar-refractivity contribution is 0.0939. The van der Waals surface area contributed by atoms with Crippen LogP contribution in [-0.4, -0.2) is 24.0 Å². The normalized spacial score (nSPS) is 16.4. The summed E-state index contributed by atoms with van der Waals surface area (Å²) in [6.45, 7) is 4.01. The highest BCUT2D eigenvalue weighted by molar-refractivity contribution is 5.95. The second-order valence-corrected chi connectivity index (χ2v) is 6.29. The topological polar surface area (TPSA) is 70.2 Å². The maximum atomic E-state index is 12.0. The first-order valence-electron chi connectivity index (χ1n) is 8.57. The first kappa shape index (κ1) is 17.3. The zero-order chi connectivity index (χ0) is 16.7. The van der Waals surface area contributed by atoms with Crippen LogP contribution in [0.2, 0.25) is 0 Å². The molecule has 0 bridgehead atoms. The molecule has 0 aromatic heterocycles. The van der Waals surface area contributed by atoms with Crippen LogP contribution in [0.1, 0.15) is 62.7 Å². The first-order valence-corrected chi connectivity index (χ1v) is 8.57. The third-order valence-electron chi connectivity index (χ3n) is 4.34. The van der Waals surface area contributed by atoms with Gasteiger partial charge in [0, 0.05) is 23.3 Å². The zero-order valence-corrected chi connectivity index (χ0v) is 14.0. The van der Waals surface area contributed by atoms with Gasteiger partial charge >= 0.3 is 6.03 Å². The van der Waals surface area contributed by atoms with Crippen molar-refractivity contribution in [3.8, 4) is 0 Å². The molecule has 5 heteroatoms. The number of nitrogens with one attached hydrogen (secondary N) is 3. The van der Waals surface area contributed by atoms with E-state index in [-0.39, 0.29) is 24.0 Å². The van der Waals surface area contributed by atoms with E-state index < -0.39 is 0 Å². The van der Waals surface area contributed by atoms with Crippen molar-refractivity contribution in [2.24, 2.45) is 0 Å². The molecule has 1 aromatic rings. The monoisotopic (exact) mass is 317 g/mol. The van der Waals surface area contributed by atoms with E-state index in [0.29, 0.717) is 11.3 Å². The Labute approximate surface area is 138 Å². The van der Waals surface area contributed by atoms with Crippen molar-refractivity contribution in [1.29, 1.82) is 0 Å². The van der Waals surface area contributed by atoms with Gasteiger partial charge in [-0.05, 0) is 50.5 Å². The second kappa shape index (κ2) is 8.56. The Bertz CT molecular complexity index is 522. The van der Waals surface area contributed by atoms with Gasteiger partial charge in [-0.25, -0.2) is 4.79 Å². The van der Waals surface area contributed by atoms with Crippen LogP contribution >= 0.6 is 0 Å². The van der Waals surface area contributed by atoms with E-state index in [1.807, 2.05) is 13.8 Å². The maximum Gasteiger partial charge on any atom is 0.319 e. The van der Waals surface area contributed by atoms with Crippen LogP contribution in [-0.2, 0) is 0 Å². The largest absolute Gasteiger partial charge is 0.350 e. The average Bonchev–Trinajstić information content (AvgIpc) is 2.56. The van der Waals surface area contributed by atoms with Crippen LogP contribution in [0.5, 0.6) is 0 Å². The molecular formula is C18H27N3O2. The quantitative estimate of drug-likeness (QED) is 0.775. The number of urea groups is 1. The summed E-state index contributed by atoms with van der Waals surface area (Å²) < 4.78 is 0. The summed E-state index contributed by atoms with van der Waals surface area (Å²) in [4.78, 5) is 24.0. The molecule has 0 saturated heterocycles. The highest BCUT2D eigenvalue weighted by Gasteiger charge is 2.15. The van der Waals surface area contributed by atoms with E-state index in [9.17, 15) is 9.59 Å². The third kappa shape index (κ3) is 5.58. The van der Waals surface area contributed by atoms with Crippen molar-refractivity contribution in [3.05, 3.63) is 29.8 Å². The molecule has 2 rings (SSSR count). The van der Waals surface area contributed by atoms with E-state index in [2.05, 4.69) is 16.0 Å². The summed E-state index contributed by atoms with van der Waals surface area (Å²) in [6.07, 6.45) is 6.65. The van der Waals surface area contributed by atoms with Crippen molar-refractivity contribution in [1.82, 2.24) is 10.6 Å². The van der Waals surface area contributed by atoms with Gasteiger partial charge in [0.2, 0.25) is 0 Å². The van der Waals surface area contributed by atoms with Crippen LogP contribution in [0.15, 0.2) is 24.3 Å². The van der Waals surface area contributed by atoms with Gasteiger partial charge in [0.1, 0.15) is 0 Å². The number of carbonyl (C=O) groups excluding carboxylic acids is 2. The van der Waals surface area contributed by atoms with E-state index in [1.54, 1.807) is 24.3 Å². The van der Waals surface area contributed by atoms with Crippen LogP contribution in [0.4, 0.5) is 10.5 Å². The lowest BCUT2D eigenvalue weighted by atomic mass is 9.96. The number of carbonyl (C=O) groups is 2. The van der Waals surface area contributed by atoms with Crippen molar-refractivity contribution in [2.45, 2.75) is 64.5 Å². The van der Waals surface area contributed by atoms with Crippen LogP contribution < -0.4 is 16.0 Å². The van der Waals surface area contributed by atoms with Gasteiger partial charge in [0.05, 0.1) is 0 Å². The fraction of sp³-hybridized carbons (Fsp3) is 0.556. The molecule has 1 aliphatic carbocycles. The molecule has 126 valence electrons. The first-order chi connectivity index (χ1) is 11.1. The SMILES string of the molecule is CCC(C)NC(=O)c1ccc(NC(=O)NC2CCCCC2)cc1. The van der Waals surface area contributed by atoms with Gasteiger partial charge < -0.3 is 16.0 Å². The Morgan fingerprint density at radius 2 is 1.78 bits per heavy atom. The van der Waals surface area contributed by atoms with Crippen molar-refractivity contribution >= 4 is 17.6 Å². The Kier molecular flexibility index (Phi) is 6.44. The number of anilines is 1. The summed E-state index contributed by atoms with van der Waals surface area (Å²) in [5.41, 5.74) is 1.29. The van der Waals surface area contributed by atoms with E-state index in [4.69, 9.17) is 0 Å². The summed E-state index contributed by atoms with van der Waals surface area (Å²) in [6, 6.07) is 7.24. The molecule has 3 N–H and O–H groups in total. The van der Waals surface area contributed by atoms with Gasteiger partial charge in [-0.1, -0.05) is 26.2 Å². The highest BCUT2D eigenvalue weighted by atomic mass is 16.2. The Morgan fingerprint density at radius 3 is 2.39 bits per heavy atom. The molecule has 1 atom stereocenters. The van der Waals surface area contributed by atoms with Gasteiger partial charge in [-0.3, -0.25) is 4.79 Å². The lowest BCUT2D eigenvalue weighted by Crippen LogP contribution is -2.39. The van der Waals surface area contributed by atoms with Crippen molar-refractivity contribution in [2.75, 3.05) is 5.32 Å². The maximum absolute atomic E-state index is 12.0. The lowest BCUT2D eigenvalue weighted by Gasteiger charge is -2.22. The van der Waals surface area contributed by atoms with Gasteiger partial charge in [-0.15, -0.1) is 0 Å². The summed E-state index contributed by atoms with van der Waals surface area (Å²) in [5, 5.41) is 8.76. The molecule has 1 fully saturated rings. The number of amides is 3. The minimum atomic E-state index is -0.172. The van der Waals surface area contributed by atoms with Crippen molar-refractivity contribution < 1.29 is 9.59 Å². The summed E-state index contributed by atoms with van der Waals surface area (Å²) >= 11 is 0. The highest BCUT2D eigenvalue weighted by Crippen LogP contribution is 2.17. The Balaban J connectivity index is 1.84. The molecule has 1 saturated carbocycles. The fourth-order valence-electron chi connectivity index (χ4n) is 2.71. The van der Waals surface area contributed by atoms with E-state index >= 15 is 0 Å². The molecule has 1 aromatic carbocycles. The Hall–Kier alpha value is -2.04. The van der Waals surface area contributed by atoms with Crippen LogP contribution in [0.3, 0.4) is 0 Å². The molecule has 23 heavy (non-hydrogen) atoms. The predicted molar refractivity (Wildman–Crippen MR) is 92.7 cm³/mol. The fourth-order valence-corrected chi connectivity index (χ4v) is 2.71. The third-order valence-corrected chi connectivity index (χ3v) is 4.34. The number of benzene rings is 1. The van der Waals surface area contributed by atoms with Crippen molar-refractivity contribution in [3.63, 3.8) is 0 Å². The molecular weight excluding hydrogens is 290 g/mol. The van der Waals surface area contributed by atoms with Crippen LogP contribution in [0, 0.1) is 0 Å². The molecule has 1 unspecified atom stereocenters. The second-order valence-electron chi connectivity index (χ2n) is 6.29. The molecule has 0 spiro atoms. The predicted octanol–water partition coefficient (Wildman–Crippen LogP) is 3.67. The molecule has 3 amide bonds.